The van der Waals surface area contributed by atoms with E-state index in [1.165, 1.54) is 19.2 Å². The number of carbonyl (C=O) groups excluding carboxylic acids is 1. The van der Waals surface area contributed by atoms with Crippen molar-refractivity contribution in [1.82, 2.24) is 9.62 Å². The molecule has 0 bridgehead atoms. The van der Waals surface area contributed by atoms with E-state index < -0.39 is 51.0 Å². The third-order valence-electron chi connectivity index (χ3n) is 5.23. The second-order valence-electron chi connectivity index (χ2n) is 7.33. The predicted molar refractivity (Wildman–Crippen MR) is 108 cm³/mol. The molecule has 0 aliphatic carbocycles. The summed E-state index contributed by atoms with van der Waals surface area (Å²) in [6, 6.07) is 5.75. The van der Waals surface area contributed by atoms with Crippen molar-refractivity contribution in [3.8, 4) is 5.75 Å². The predicted octanol–water partition coefficient (Wildman–Crippen LogP) is 3.71. The first-order valence-corrected chi connectivity index (χ1v) is 11.3. The van der Waals surface area contributed by atoms with E-state index in [0.717, 1.165) is 22.5 Å². The number of alkyl halides is 3. The Morgan fingerprint density at radius 2 is 1.81 bits per heavy atom. The fraction of sp³-hybridized carbons (Fsp3) is 0.381. The van der Waals surface area contributed by atoms with E-state index in [1.807, 2.05) is 0 Å². The molecule has 0 aromatic heterocycles. The molecule has 0 spiro atoms. The molecule has 0 radical (unpaired) electrons. The molecule has 174 valence electrons. The van der Waals surface area contributed by atoms with Gasteiger partial charge in [-0.15, -0.1) is 0 Å². The molecule has 1 saturated heterocycles. The van der Waals surface area contributed by atoms with Crippen LogP contribution in [0.3, 0.4) is 0 Å². The third-order valence-corrected chi connectivity index (χ3v) is 7.10. The van der Waals surface area contributed by atoms with Gasteiger partial charge in [0.1, 0.15) is 17.6 Å². The standard InChI is InChI=1S/C21H22F4N2O4S/c1-31-16-8-5-14(18(22)12-16)13-27(19-4-2-3-11-26-20(19)28)32(29,30)17-9-6-15(7-10-17)21(23,24)25/h5-10,12,19H,2-4,11,13H2,1H3,(H,26,28). The molecule has 1 atom stereocenters. The summed E-state index contributed by atoms with van der Waals surface area (Å²) in [5.41, 5.74) is -1.00. The van der Waals surface area contributed by atoms with Gasteiger partial charge in [-0.1, -0.05) is 6.07 Å². The quantitative estimate of drug-likeness (QED) is 0.648. The van der Waals surface area contributed by atoms with Gasteiger partial charge in [0.25, 0.3) is 0 Å². The maximum absolute atomic E-state index is 14.6. The topological polar surface area (TPSA) is 75.7 Å². The smallest absolute Gasteiger partial charge is 0.416 e. The average Bonchev–Trinajstić information content (AvgIpc) is 2.96. The number of carbonyl (C=O) groups is 1. The molecule has 1 amide bonds. The minimum Gasteiger partial charge on any atom is -0.497 e. The highest BCUT2D eigenvalue weighted by atomic mass is 32.2. The Labute approximate surface area is 183 Å². The second kappa shape index (κ2) is 9.45. The van der Waals surface area contributed by atoms with Crippen LogP contribution in [0.1, 0.15) is 30.4 Å². The molecular formula is C21H22F4N2O4S. The van der Waals surface area contributed by atoms with Crippen LogP contribution >= 0.6 is 0 Å². The highest BCUT2D eigenvalue weighted by Crippen LogP contribution is 2.31. The number of benzene rings is 2. The summed E-state index contributed by atoms with van der Waals surface area (Å²) in [5, 5.41) is 2.64. The molecule has 1 aliphatic rings. The van der Waals surface area contributed by atoms with Gasteiger partial charge in [0.2, 0.25) is 15.9 Å². The number of amides is 1. The molecular weight excluding hydrogens is 452 g/mol. The number of rotatable bonds is 6. The molecule has 2 aromatic carbocycles. The zero-order chi connectivity index (χ0) is 23.5. The minimum absolute atomic E-state index is 0.00154. The molecule has 1 N–H and O–H groups in total. The van der Waals surface area contributed by atoms with Crippen LogP contribution < -0.4 is 10.1 Å². The van der Waals surface area contributed by atoms with Gasteiger partial charge in [-0.05, 0) is 49.6 Å². The summed E-state index contributed by atoms with van der Waals surface area (Å²) in [6.07, 6.45) is -3.24. The van der Waals surface area contributed by atoms with E-state index in [1.54, 1.807) is 0 Å². The zero-order valence-corrected chi connectivity index (χ0v) is 18.0. The van der Waals surface area contributed by atoms with Crippen LogP contribution in [-0.4, -0.2) is 38.3 Å². The fourth-order valence-electron chi connectivity index (χ4n) is 3.46. The molecule has 6 nitrogen and oxygen atoms in total. The summed E-state index contributed by atoms with van der Waals surface area (Å²) in [7, 11) is -3.08. The van der Waals surface area contributed by atoms with Crippen LogP contribution in [0.4, 0.5) is 17.6 Å². The lowest BCUT2D eigenvalue weighted by molar-refractivity contribution is -0.137. The molecule has 3 rings (SSSR count). The zero-order valence-electron chi connectivity index (χ0n) is 17.2. The van der Waals surface area contributed by atoms with Crippen molar-refractivity contribution in [1.29, 1.82) is 0 Å². The first-order chi connectivity index (χ1) is 15.0. The first kappa shape index (κ1) is 24.0. The van der Waals surface area contributed by atoms with Gasteiger partial charge in [-0.2, -0.15) is 17.5 Å². The van der Waals surface area contributed by atoms with E-state index in [4.69, 9.17) is 4.74 Å². The Hall–Kier alpha value is -2.66. The Morgan fingerprint density at radius 1 is 1.12 bits per heavy atom. The van der Waals surface area contributed by atoms with E-state index >= 15 is 0 Å². The van der Waals surface area contributed by atoms with Crippen molar-refractivity contribution < 1.29 is 35.5 Å². The molecule has 32 heavy (non-hydrogen) atoms. The molecule has 1 heterocycles. The number of methoxy groups -OCH3 is 1. The van der Waals surface area contributed by atoms with Crippen molar-refractivity contribution in [2.24, 2.45) is 0 Å². The number of nitrogens with zero attached hydrogens (tertiary/aromatic N) is 1. The van der Waals surface area contributed by atoms with Crippen molar-refractivity contribution in [3.63, 3.8) is 0 Å². The van der Waals surface area contributed by atoms with Crippen molar-refractivity contribution in [2.75, 3.05) is 13.7 Å². The fourth-order valence-corrected chi connectivity index (χ4v) is 5.06. The van der Waals surface area contributed by atoms with Gasteiger partial charge in [0, 0.05) is 24.7 Å². The highest BCUT2D eigenvalue weighted by molar-refractivity contribution is 7.89. The lowest BCUT2D eigenvalue weighted by atomic mass is 10.1. The minimum atomic E-state index is -4.63. The van der Waals surface area contributed by atoms with Crippen LogP contribution in [0.15, 0.2) is 47.4 Å². The van der Waals surface area contributed by atoms with E-state index in [0.29, 0.717) is 31.5 Å². The molecule has 2 aromatic rings. The van der Waals surface area contributed by atoms with E-state index in [2.05, 4.69) is 5.32 Å². The highest BCUT2D eigenvalue weighted by Gasteiger charge is 2.38. The Kier molecular flexibility index (Phi) is 7.09. The Balaban J connectivity index is 2.03. The van der Waals surface area contributed by atoms with Crippen LogP contribution in [0.25, 0.3) is 0 Å². The van der Waals surface area contributed by atoms with Crippen LogP contribution in [-0.2, 0) is 27.5 Å². The van der Waals surface area contributed by atoms with Crippen LogP contribution in [0, 0.1) is 5.82 Å². The van der Waals surface area contributed by atoms with Gasteiger partial charge in [0.05, 0.1) is 17.6 Å². The molecule has 1 fully saturated rings. The first-order valence-electron chi connectivity index (χ1n) is 9.83. The van der Waals surface area contributed by atoms with Crippen LogP contribution in [0.2, 0.25) is 0 Å². The van der Waals surface area contributed by atoms with Crippen LogP contribution in [0.5, 0.6) is 5.75 Å². The molecule has 11 heteroatoms. The summed E-state index contributed by atoms with van der Waals surface area (Å²) in [5.74, 6) is -1.03. The number of halogens is 4. The summed E-state index contributed by atoms with van der Waals surface area (Å²) < 4.78 is 85.9. The largest absolute Gasteiger partial charge is 0.497 e. The normalized spacial score (nSPS) is 17.7. The summed E-state index contributed by atoms with van der Waals surface area (Å²) >= 11 is 0. The summed E-state index contributed by atoms with van der Waals surface area (Å²) in [4.78, 5) is 12.2. The third kappa shape index (κ3) is 5.21. The van der Waals surface area contributed by atoms with Crippen molar-refractivity contribution in [2.45, 2.75) is 42.9 Å². The van der Waals surface area contributed by atoms with Crippen molar-refractivity contribution >= 4 is 15.9 Å². The van der Waals surface area contributed by atoms with Gasteiger partial charge >= 0.3 is 6.18 Å². The van der Waals surface area contributed by atoms with E-state index in [-0.39, 0.29) is 17.7 Å². The lowest BCUT2D eigenvalue weighted by Gasteiger charge is -2.29. The van der Waals surface area contributed by atoms with Crippen molar-refractivity contribution in [3.05, 3.63) is 59.4 Å². The second-order valence-corrected chi connectivity index (χ2v) is 9.22. The SMILES string of the molecule is COc1ccc(CN(C2CCCCNC2=O)S(=O)(=O)c2ccc(C(F)(F)F)cc2)c(F)c1. The lowest BCUT2D eigenvalue weighted by Crippen LogP contribution is -2.48. The Bertz CT molecular complexity index is 1070. The monoisotopic (exact) mass is 474 g/mol. The number of hydrogen-bond acceptors (Lipinski definition) is 4. The maximum atomic E-state index is 14.6. The van der Waals surface area contributed by atoms with Gasteiger partial charge in [0.15, 0.2) is 0 Å². The molecule has 1 aliphatic heterocycles. The average molecular weight is 474 g/mol. The number of nitrogens with one attached hydrogen (secondary N) is 1. The van der Waals surface area contributed by atoms with Gasteiger partial charge < -0.3 is 10.1 Å². The molecule has 0 saturated carbocycles. The molecule has 1 unspecified atom stereocenters. The van der Waals surface area contributed by atoms with Gasteiger partial charge in [-0.3, -0.25) is 4.79 Å². The maximum Gasteiger partial charge on any atom is 0.416 e. The summed E-state index contributed by atoms with van der Waals surface area (Å²) in [6.45, 7) is -0.0995. The van der Waals surface area contributed by atoms with Gasteiger partial charge in [-0.25, -0.2) is 12.8 Å². The Morgan fingerprint density at radius 3 is 2.41 bits per heavy atom. The number of hydrogen-bond donors (Lipinski definition) is 1. The van der Waals surface area contributed by atoms with E-state index in [9.17, 15) is 30.8 Å². The number of sulfonamides is 1. The number of ether oxygens (including phenoxy) is 1.